The molecular formula is C32H33ClN6O3. The highest BCUT2D eigenvalue weighted by atomic mass is 35.5. The SMILES string of the molecule is COc1c(Cl)cccc1Nc1c(-c2ccncc2C#C[C@@]2(C)CCCN2C(=O)C#CCN(C)C)[nH]c2c1C(=O)NCC2. The Kier molecular flexibility index (Phi) is 8.44. The predicted molar refractivity (Wildman–Crippen MR) is 164 cm³/mol. The average Bonchev–Trinajstić information content (AvgIpc) is 3.53. The maximum absolute atomic E-state index is 13.1. The number of methoxy groups -OCH3 is 1. The van der Waals surface area contributed by atoms with Crippen molar-refractivity contribution in [2.45, 2.75) is 31.7 Å². The number of rotatable bonds is 5. The van der Waals surface area contributed by atoms with Gasteiger partial charge in [0.25, 0.3) is 11.8 Å². The molecule has 1 atom stereocenters. The van der Waals surface area contributed by atoms with E-state index >= 15 is 0 Å². The monoisotopic (exact) mass is 584 g/mol. The summed E-state index contributed by atoms with van der Waals surface area (Å²) in [6.07, 6.45) is 5.64. The van der Waals surface area contributed by atoms with Crippen LogP contribution in [-0.4, -0.2) is 78.0 Å². The molecule has 0 unspecified atom stereocenters. The molecule has 2 amide bonds. The first-order valence-corrected chi connectivity index (χ1v) is 14.1. The number of nitrogens with zero attached hydrogens (tertiary/aromatic N) is 3. The van der Waals surface area contributed by atoms with Gasteiger partial charge in [-0.05, 0) is 58.0 Å². The number of carbonyl (C=O) groups is 2. The number of aromatic amines is 1. The van der Waals surface area contributed by atoms with Crippen LogP contribution < -0.4 is 15.4 Å². The molecule has 216 valence electrons. The second-order valence-electron chi connectivity index (χ2n) is 10.7. The van der Waals surface area contributed by atoms with E-state index in [9.17, 15) is 9.59 Å². The van der Waals surface area contributed by atoms with Gasteiger partial charge in [0, 0.05) is 43.2 Å². The lowest BCUT2D eigenvalue weighted by Crippen LogP contribution is -2.43. The minimum Gasteiger partial charge on any atom is -0.493 e. The van der Waals surface area contributed by atoms with Crippen LogP contribution in [0.5, 0.6) is 5.75 Å². The molecule has 0 bridgehead atoms. The van der Waals surface area contributed by atoms with E-state index in [1.807, 2.05) is 44.1 Å². The lowest BCUT2D eigenvalue weighted by molar-refractivity contribution is -0.127. The smallest absolute Gasteiger partial charge is 0.299 e. The number of aromatic nitrogens is 2. The van der Waals surface area contributed by atoms with Crippen molar-refractivity contribution in [3.8, 4) is 40.7 Å². The quantitative estimate of drug-likeness (QED) is 0.391. The third-order valence-corrected chi connectivity index (χ3v) is 7.73. The molecule has 0 aliphatic carbocycles. The van der Waals surface area contributed by atoms with E-state index < -0.39 is 5.54 Å². The van der Waals surface area contributed by atoms with Gasteiger partial charge in [0.15, 0.2) is 5.75 Å². The molecule has 0 spiro atoms. The first-order chi connectivity index (χ1) is 20.2. The molecule has 1 aromatic carbocycles. The van der Waals surface area contributed by atoms with Crippen LogP contribution in [0.3, 0.4) is 0 Å². The van der Waals surface area contributed by atoms with Crippen LogP contribution >= 0.6 is 11.6 Å². The van der Waals surface area contributed by atoms with Crippen molar-refractivity contribution in [1.82, 2.24) is 25.1 Å². The van der Waals surface area contributed by atoms with Gasteiger partial charge in [-0.1, -0.05) is 35.4 Å². The molecule has 2 aliphatic heterocycles. The van der Waals surface area contributed by atoms with Gasteiger partial charge >= 0.3 is 0 Å². The first-order valence-electron chi connectivity index (χ1n) is 13.8. The summed E-state index contributed by atoms with van der Waals surface area (Å²) < 4.78 is 5.56. The molecule has 10 heteroatoms. The molecule has 2 aliphatic rings. The molecular weight excluding hydrogens is 552 g/mol. The van der Waals surface area contributed by atoms with Gasteiger partial charge in [0.2, 0.25) is 0 Å². The normalized spacial score (nSPS) is 17.5. The highest BCUT2D eigenvalue weighted by Crippen LogP contribution is 2.41. The Balaban J connectivity index is 1.56. The van der Waals surface area contributed by atoms with E-state index in [-0.39, 0.29) is 11.8 Å². The largest absolute Gasteiger partial charge is 0.493 e. The van der Waals surface area contributed by atoms with E-state index in [4.69, 9.17) is 16.3 Å². The summed E-state index contributed by atoms with van der Waals surface area (Å²) in [6.45, 7) is 3.63. The Hall–Kier alpha value is -4.44. The van der Waals surface area contributed by atoms with Gasteiger partial charge in [-0.25, -0.2) is 0 Å². The summed E-state index contributed by atoms with van der Waals surface area (Å²) in [5.74, 6) is 12.5. The second-order valence-corrected chi connectivity index (χ2v) is 11.1. The van der Waals surface area contributed by atoms with Crippen molar-refractivity contribution in [3.63, 3.8) is 0 Å². The van der Waals surface area contributed by atoms with Crippen LogP contribution in [0.2, 0.25) is 5.02 Å². The molecule has 0 radical (unpaired) electrons. The van der Waals surface area contributed by atoms with Crippen molar-refractivity contribution < 1.29 is 14.3 Å². The number of benzene rings is 1. The fraction of sp³-hybridized carbons (Fsp3) is 0.344. The fourth-order valence-electron chi connectivity index (χ4n) is 5.33. The Morgan fingerprint density at radius 2 is 2.14 bits per heavy atom. The van der Waals surface area contributed by atoms with E-state index in [1.54, 1.807) is 30.5 Å². The molecule has 0 saturated carbocycles. The zero-order chi connectivity index (χ0) is 29.9. The summed E-state index contributed by atoms with van der Waals surface area (Å²) in [5.41, 5.74) is 4.04. The molecule has 4 heterocycles. The Morgan fingerprint density at radius 1 is 1.31 bits per heavy atom. The molecule has 3 N–H and O–H groups in total. The van der Waals surface area contributed by atoms with Crippen LogP contribution in [0.4, 0.5) is 11.4 Å². The van der Waals surface area contributed by atoms with Crippen molar-refractivity contribution in [2.75, 3.05) is 46.2 Å². The number of ether oxygens (including phenoxy) is 1. The van der Waals surface area contributed by atoms with Crippen molar-refractivity contribution in [1.29, 1.82) is 0 Å². The Labute approximate surface area is 251 Å². The van der Waals surface area contributed by atoms with Crippen molar-refractivity contribution >= 4 is 34.8 Å². The zero-order valence-corrected chi connectivity index (χ0v) is 24.9. The number of H-pyrrole nitrogens is 1. The molecule has 2 aromatic heterocycles. The fourth-order valence-corrected chi connectivity index (χ4v) is 5.58. The van der Waals surface area contributed by atoms with E-state index in [0.717, 1.165) is 24.1 Å². The van der Waals surface area contributed by atoms with Crippen LogP contribution in [0.25, 0.3) is 11.3 Å². The number of amides is 2. The van der Waals surface area contributed by atoms with Crippen LogP contribution in [-0.2, 0) is 11.2 Å². The van der Waals surface area contributed by atoms with Crippen LogP contribution in [0.15, 0.2) is 36.7 Å². The summed E-state index contributed by atoms with van der Waals surface area (Å²) in [4.78, 5) is 37.5. The number of halogens is 1. The summed E-state index contributed by atoms with van der Waals surface area (Å²) in [6, 6.07) is 7.27. The summed E-state index contributed by atoms with van der Waals surface area (Å²) >= 11 is 6.40. The number of hydrogen-bond donors (Lipinski definition) is 3. The maximum atomic E-state index is 13.1. The number of para-hydroxylation sites is 1. The van der Waals surface area contributed by atoms with Gasteiger partial charge < -0.3 is 25.3 Å². The Bertz CT molecular complexity index is 1660. The van der Waals surface area contributed by atoms with E-state index in [0.29, 0.717) is 65.0 Å². The number of nitrogens with one attached hydrogen (secondary N) is 3. The number of hydrogen-bond acceptors (Lipinski definition) is 6. The third-order valence-electron chi connectivity index (χ3n) is 7.43. The van der Waals surface area contributed by atoms with E-state index in [2.05, 4.69) is 44.3 Å². The van der Waals surface area contributed by atoms with Crippen molar-refractivity contribution in [3.05, 3.63) is 58.5 Å². The lowest BCUT2D eigenvalue weighted by atomic mass is 9.97. The van der Waals surface area contributed by atoms with Gasteiger partial charge in [-0.2, -0.15) is 0 Å². The zero-order valence-electron chi connectivity index (χ0n) is 24.2. The summed E-state index contributed by atoms with van der Waals surface area (Å²) in [7, 11) is 5.37. The standard InChI is InChI=1S/C32H33ClN6O3/c1-32(14-7-19-39(32)26(40)10-6-18-38(2)3)15-11-21-20-34-16-12-22(21)28-29(27-24(36-28)13-17-35-31(27)41)37-25-9-5-8-23(33)30(25)42-4/h5,8-9,12,16,20,36-37H,7,13-14,17-19H2,1-4H3,(H,35,41)/t32-/m1/s1. The topological polar surface area (TPSA) is 103 Å². The molecule has 1 saturated heterocycles. The van der Waals surface area contributed by atoms with Gasteiger partial charge in [0.1, 0.15) is 5.54 Å². The summed E-state index contributed by atoms with van der Waals surface area (Å²) in [5, 5.41) is 6.80. The minimum absolute atomic E-state index is 0.174. The number of pyridine rings is 1. The van der Waals surface area contributed by atoms with E-state index in [1.165, 1.54) is 0 Å². The number of carbonyl (C=O) groups excluding carboxylic acids is 2. The minimum atomic E-state index is -0.666. The number of likely N-dealkylation sites (tertiary alicyclic amines) is 1. The average molecular weight is 585 g/mol. The third kappa shape index (κ3) is 5.80. The molecule has 9 nitrogen and oxygen atoms in total. The lowest BCUT2D eigenvalue weighted by Gasteiger charge is -2.28. The molecule has 42 heavy (non-hydrogen) atoms. The second kappa shape index (κ2) is 12.2. The predicted octanol–water partition coefficient (Wildman–Crippen LogP) is 4.07. The molecule has 3 aromatic rings. The number of fused-ring (bicyclic) bond motifs is 1. The highest BCUT2D eigenvalue weighted by molar-refractivity contribution is 6.32. The Morgan fingerprint density at radius 3 is 2.93 bits per heavy atom. The maximum Gasteiger partial charge on any atom is 0.299 e. The van der Waals surface area contributed by atoms with Gasteiger partial charge in [-0.15, -0.1) is 0 Å². The van der Waals surface area contributed by atoms with Crippen molar-refractivity contribution in [2.24, 2.45) is 0 Å². The van der Waals surface area contributed by atoms with Crippen LogP contribution in [0.1, 0.15) is 41.4 Å². The highest BCUT2D eigenvalue weighted by Gasteiger charge is 2.38. The number of anilines is 2. The molecule has 1 fully saturated rings. The molecule has 5 rings (SSSR count). The van der Waals surface area contributed by atoms with Gasteiger partial charge in [0.05, 0.1) is 46.9 Å². The first kappa shape index (κ1) is 29.1. The van der Waals surface area contributed by atoms with Gasteiger partial charge in [-0.3, -0.25) is 19.5 Å². The van der Waals surface area contributed by atoms with Crippen LogP contribution in [0, 0.1) is 23.7 Å².